The van der Waals surface area contributed by atoms with Crippen molar-refractivity contribution >= 4 is 39.5 Å². The molecule has 0 fully saturated rings. The van der Waals surface area contributed by atoms with E-state index in [1.807, 2.05) is 0 Å². The van der Waals surface area contributed by atoms with Crippen molar-refractivity contribution in [3.63, 3.8) is 0 Å². The molecule has 0 aliphatic heterocycles. The first-order chi connectivity index (χ1) is 48.5. The lowest BCUT2D eigenvalue weighted by Gasteiger charge is -2.21. The van der Waals surface area contributed by atoms with Crippen LogP contribution in [-0.2, 0) is 65.4 Å². The number of carbonyl (C=O) groups excluding carboxylic acids is 4. The van der Waals surface area contributed by atoms with Gasteiger partial charge in [0, 0.05) is 25.7 Å². The molecule has 5 atom stereocenters. The molecule has 17 nitrogen and oxygen atoms in total. The lowest BCUT2D eigenvalue weighted by Crippen LogP contribution is -2.30. The zero-order chi connectivity index (χ0) is 73.4. The van der Waals surface area contributed by atoms with E-state index in [4.69, 9.17) is 37.0 Å². The van der Waals surface area contributed by atoms with Crippen molar-refractivity contribution < 1.29 is 80.2 Å². The molecule has 0 spiro atoms. The minimum atomic E-state index is -4.96. The van der Waals surface area contributed by atoms with Crippen molar-refractivity contribution in [3.8, 4) is 0 Å². The van der Waals surface area contributed by atoms with Gasteiger partial charge in [0.1, 0.15) is 19.3 Å². The van der Waals surface area contributed by atoms with Crippen molar-refractivity contribution in [1.29, 1.82) is 0 Å². The van der Waals surface area contributed by atoms with E-state index in [-0.39, 0.29) is 25.7 Å². The standard InChI is InChI=1S/C81H158O17P2/c1-6-9-12-15-18-21-24-27-28-29-30-31-36-42-47-52-57-62-67-81(86)98-77(71-92-79(84)65-60-55-50-45-40-37-32-35-38-43-48-53-58-63-74(4)5)73-96-100(89,90)94-69-75(82)68-93-99(87,88)95-72-76(97-80(85)66-61-56-51-46-41-34-26-23-20-17-14-11-8-3)70-91-78(83)64-59-54-49-44-39-33-25-22-19-16-13-10-7-2/h74-77,82H,6-73H2,1-5H3,(H,87,88)(H,89,90)/t75-,76+,77+/m0/s1. The third kappa shape index (κ3) is 74.3. The molecular weight excluding hydrogens is 1310 g/mol. The Kier molecular flexibility index (Phi) is 72.5. The third-order valence-electron chi connectivity index (χ3n) is 19.0. The Hall–Kier alpha value is -1.94. The Morgan fingerprint density at radius 3 is 0.680 bits per heavy atom. The molecule has 0 amide bonds. The molecule has 0 heterocycles. The number of phosphoric ester groups is 2. The molecule has 594 valence electrons. The number of ether oxygens (including phenoxy) is 4. The maximum Gasteiger partial charge on any atom is 0.472 e. The van der Waals surface area contributed by atoms with Crippen LogP contribution in [0.1, 0.15) is 433 Å². The molecule has 19 heteroatoms. The predicted octanol–water partition coefficient (Wildman–Crippen LogP) is 24.4. The van der Waals surface area contributed by atoms with Crippen LogP contribution < -0.4 is 0 Å². The third-order valence-corrected chi connectivity index (χ3v) is 20.9. The highest BCUT2D eigenvalue weighted by atomic mass is 31.2. The summed E-state index contributed by atoms with van der Waals surface area (Å²) in [6.07, 6.45) is 65.0. The average molecular weight is 1470 g/mol. The second-order valence-corrected chi connectivity index (χ2v) is 32.5. The van der Waals surface area contributed by atoms with Gasteiger partial charge in [-0.1, -0.05) is 381 Å². The smallest absolute Gasteiger partial charge is 0.462 e. The summed E-state index contributed by atoms with van der Waals surface area (Å²) in [5, 5.41) is 10.6. The minimum Gasteiger partial charge on any atom is -0.462 e. The Morgan fingerprint density at radius 1 is 0.270 bits per heavy atom. The number of hydrogen-bond acceptors (Lipinski definition) is 15. The van der Waals surface area contributed by atoms with Crippen LogP contribution in [0.25, 0.3) is 0 Å². The molecule has 0 aliphatic carbocycles. The molecule has 0 radical (unpaired) electrons. The Labute approximate surface area is 613 Å². The molecule has 0 aromatic heterocycles. The van der Waals surface area contributed by atoms with Crippen LogP contribution in [0.3, 0.4) is 0 Å². The molecule has 0 aliphatic rings. The second-order valence-electron chi connectivity index (χ2n) is 29.6. The zero-order valence-electron chi connectivity index (χ0n) is 65.3. The monoisotopic (exact) mass is 1470 g/mol. The van der Waals surface area contributed by atoms with Gasteiger partial charge < -0.3 is 33.8 Å². The van der Waals surface area contributed by atoms with Crippen LogP contribution in [0.2, 0.25) is 0 Å². The van der Waals surface area contributed by atoms with Gasteiger partial charge in [-0.3, -0.25) is 37.3 Å². The van der Waals surface area contributed by atoms with E-state index < -0.39 is 97.5 Å². The van der Waals surface area contributed by atoms with Gasteiger partial charge in [-0.2, -0.15) is 0 Å². The molecule has 100 heavy (non-hydrogen) atoms. The molecule has 0 bridgehead atoms. The Bertz CT molecular complexity index is 1910. The Balaban J connectivity index is 5.26. The van der Waals surface area contributed by atoms with Crippen LogP contribution in [0.15, 0.2) is 0 Å². The van der Waals surface area contributed by atoms with Gasteiger partial charge in [-0.25, -0.2) is 9.13 Å². The van der Waals surface area contributed by atoms with E-state index >= 15 is 0 Å². The lowest BCUT2D eigenvalue weighted by atomic mass is 10.0. The van der Waals surface area contributed by atoms with E-state index in [1.165, 1.54) is 257 Å². The summed E-state index contributed by atoms with van der Waals surface area (Å²) in [5.41, 5.74) is 0. The van der Waals surface area contributed by atoms with E-state index in [0.717, 1.165) is 95.8 Å². The van der Waals surface area contributed by atoms with Crippen LogP contribution in [-0.4, -0.2) is 96.7 Å². The maximum atomic E-state index is 13.1. The number of aliphatic hydroxyl groups is 1. The summed E-state index contributed by atoms with van der Waals surface area (Å²) in [6, 6.07) is 0. The number of unbranched alkanes of at least 4 members (excludes halogenated alkanes) is 53. The number of aliphatic hydroxyl groups excluding tert-OH is 1. The highest BCUT2D eigenvalue weighted by Gasteiger charge is 2.30. The summed E-state index contributed by atoms with van der Waals surface area (Å²) >= 11 is 0. The summed E-state index contributed by atoms with van der Waals surface area (Å²) in [5.74, 6) is -1.31. The molecule has 3 N–H and O–H groups in total. The largest absolute Gasteiger partial charge is 0.472 e. The molecule has 0 saturated heterocycles. The molecule has 0 aromatic carbocycles. The first-order valence-electron chi connectivity index (χ1n) is 42.1. The van der Waals surface area contributed by atoms with Gasteiger partial charge in [-0.15, -0.1) is 0 Å². The zero-order valence-corrected chi connectivity index (χ0v) is 67.1. The van der Waals surface area contributed by atoms with Crippen molar-refractivity contribution in [2.45, 2.75) is 451 Å². The van der Waals surface area contributed by atoms with Gasteiger partial charge in [0.2, 0.25) is 0 Å². The molecule has 0 aromatic rings. The lowest BCUT2D eigenvalue weighted by molar-refractivity contribution is -0.161. The van der Waals surface area contributed by atoms with Gasteiger partial charge in [0.05, 0.1) is 26.4 Å². The van der Waals surface area contributed by atoms with Crippen molar-refractivity contribution in [1.82, 2.24) is 0 Å². The maximum absolute atomic E-state index is 13.1. The second kappa shape index (κ2) is 73.9. The van der Waals surface area contributed by atoms with E-state index in [9.17, 15) is 43.2 Å². The van der Waals surface area contributed by atoms with Crippen LogP contribution >= 0.6 is 15.6 Å². The highest BCUT2D eigenvalue weighted by molar-refractivity contribution is 7.47. The molecule has 0 rings (SSSR count). The Morgan fingerprint density at radius 2 is 0.460 bits per heavy atom. The summed E-state index contributed by atoms with van der Waals surface area (Å²) in [7, 11) is -9.92. The van der Waals surface area contributed by atoms with Crippen LogP contribution in [0.4, 0.5) is 0 Å². The van der Waals surface area contributed by atoms with Crippen molar-refractivity contribution in [2.24, 2.45) is 5.92 Å². The van der Waals surface area contributed by atoms with Gasteiger partial charge in [-0.05, 0) is 31.6 Å². The fraction of sp³-hybridized carbons (Fsp3) is 0.951. The van der Waals surface area contributed by atoms with Gasteiger partial charge in [0.15, 0.2) is 12.2 Å². The van der Waals surface area contributed by atoms with Crippen LogP contribution in [0.5, 0.6) is 0 Å². The molecular formula is C81H158O17P2. The first kappa shape index (κ1) is 98.1. The minimum absolute atomic E-state index is 0.108. The molecule has 0 saturated carbocycles. The topological polar surface area (TPSA) is 237 Å². The number of phosphoric acid groups is 2. The number of hydrogen-bond donors (Lipinski definition) is 3. The van der Waals surface area contributed by atoms with Crippen molar-refractivity contribution in [2.75, 3.05) is 39.6 Å². The number of esters is 4. The normalized spacial score (nSPS) is 13.8. The fourth-order valence-electron chi connectivity index (χ4n) is 12.6. The summed E-state index contributed by atoms with van der Waals surface area (Å²) < 4.78 is 68.8. The first-order valence-corrected chi connectivity index (χ1v) is 45.1. The summed E-state index contributed by atoms with van der Waals surface area (Å²) in [4.78, 5) is 73.1. The van der Waals surface area contributed by atoms with E-state index in [1.54, 1.807) is 0 Å². The average Bonchev–Trinajstić information content (AvgIpc) is 1.03. The SMILES string of the molecule is CCCCCCCCCCCCCCCCCCCCC(=O)O[C@H](COC(=O)CCCCCCCCCCCCCCCC(C)C)COP(=O)(O)OC[C@@H](O)COP(=O)(O)OC[C@@H](COC(=O)CCCCCCCCCCCCCCC)OC(=O)CCCCCCCCCCCCCCC. The quantitative estimate of drug-likeness (QED) is 0.0222. The van der Waals surface area contributed by atoms with Gasteiger partial charge >= 0.3 is 39.5 Å². The fourth-order valence-corrected chi connectivity index (χ4v) is 14.2. The van der Waals surface area contributed by atoms with Crippen molar-refractivity contribution in [3.05, 3.63) is 0 Å². The predicted molar refractivity (Wildman–Crippen MR) is 409 cm³/mol. The van der Waals surface area contributed by atoms with Crippen LogP contribution in [0, 0.1) is 5.92 Å². The number of carbonyl (C=O) groups is 4. The van der Waals surface area contributed by atoms with Gasteiger partial charge in [0.25, 0.3) is 0 Å². The van der Waals surface area contributed by atoms with E-state index in [2.05, 4.69) is 34.6 Å². The molecule has 2 unspecified atom stereocenters. The summed E-state index contributed by atoms with van der Waals surface area (Å²) in [6.45, 7) is 7.36. The van der Waals surface area contributed by atoms with E-state index in [0.29, 0.717) is 25.7 Å². The number of rotatable bonds is 81. The highest BCUT2D eigenvalue weighted by Crippen LogP contribution is 2.45.